The van der Waals surface area contributed by atoms with Gasteiger partial charge in [-0.2, -0.15) is 0 Å². The Morgan fingerprint density at radius 3 is 2.43 bits per heavy atom. The van der Waals surface area contributed by atoms with Gasteiger partial charge in [0.2, 0.25) is 5.91 Å². The van der Waals surface area contributed by atoms with Crippen LogP contribution in [-0.4, -0.2) is 30.1 Å². The van der Waals surface area contributed by atoms with E-state index >= 15 is 0 Å². The number of ether oxygens (including phenoxy) is 1. The zero-order chi connectivity index (χ0) is 22.1. The molecule has 2 aromatic carbocycles. The highest BCUT2D eigenvalue weighted by Gasteiger charge is 2.16. The Labute approximate surface area is 175 Å². The van der Waals surface area contributed by atoms with E-state index in [9.17, 15) is 18.8 Å². The third-order valence-corrected chi connectivity index (χ3v) is 3.84. The van der Waals surface area contributed by atoms with E-state index in [0.717, 1.165) is 6.07 Å². The number of hydrogen-bond acceptors (Lipinski definition) is 4. The first-order valence-electron chi connectivity index (χ1n) is 9.52. The largest absolute Gasteiger partial charge is 0.444 e. The maximum absolute atomic E-state index is 13.3. The first-order chi connectivity index (χ1) is 14.1. The highest BCUT2D eigenvalue weighted by Crippen LogP contribution is 2.15. The van der Waals surface area contributed by atoms with Crippen LogP contribution in [0.15, 0.2) is 48.5 Å². The molecule has 0 bridgehead atoms. The molecule has 0 aliphatic rings. The van der Waals surface area contributed by atoms with Gasteiger partial charge < -0.3 is 20.7 Å². The van der Waals surface area contributed by atoms with Crippen LogP contribution in [0.2, 0.25) is 0 Å². The number of amides is 3. The number of alkyl carbamates (subject to hydrolysis) is 1. The molecule has 0 unspecified atom stereocenters. The number of nitrogens with one attached hydrogen (secondary N) is 3. The van der Waals surface area contributed by atoms with Crippen LogP contribution in [0.5, 0.6) is 0 Å². The summed E-state index contributed by atoms with van der Waals surface area (Å²) in [4.78, 5) is 36.0. The summed E-state index contributed by atoms with van der Waals surface area (Å²) in [5.41, 5.74) is 0.834. The molecule has 0 radical (unpaired) electrons. The van der Waals surface area contributed by atoms with E-state index in [1.54, 1.807) is 45.0 Å². The highest BCUT2D eigenvalue weighted by atomic mass is 19.1. The summed E-state index contributed by atoms with van der Waals surface area (Å²) >= 11 is 0. The third kappa shape index (κ3) is 7.90. The van der Waals surface area contributed by atoms with Crippen LogP contribution in [0.4, 0.5) is 14.9 Å². The molecule has 0 heterocycles. The van der Waals surface area contributed by atoms with Crippen molar-refractivity contribution >= 4 is 23.6 Å². The minimum Gasteiger partial charge on any atom is -0.444 e. The number of carbonyl (C=O) groups excluding carboxylic acids is 3. The van der Waals surface area contributed by atoms with Crippen LogP contribution >= 0.6 is 0 Å². The number of carbonyl (C=O) groups is 3. The summed E-state index contributed by atoms with van der Waals surface area (Å²) in [6.07, 6.45) is -0.528. The van der Waals surface area contributed by atoms with Crippen LogP contribution < -0.4 is 16.0 Å². The Bertz CT molecular complexity index is 909. The number of para-hydroxylation sites is 1. The lowest BCUT2D eigenvalue weighted by molar-refractivity contribution is -0.116. The third-order valence-electron chi connectivity index (χ3n) is 3.84. The van der Waals surface area contributed by atoms with Crippen molar-refractivity contribution in [3.63, 3.8) is 0 Å². The molecule has 2 aromatic rings. The van der Waals surface area contributed by atoms with Gasteiger partial charge in [-0.25, -0.2) is 9.18 Å². The van der Waals surface area contributed by atoms with E-state index in [-0.39, 0.29) is 31.0 Å². The van der Waals surface area contributed by atoms with Gasteiger partial charge in [-0.1, -0.05) is 24.3 Å². The number of hydrogen-bond donors (Lipinski definition) is 3. The highest BCUT2D eigenvalue weighted by molar-refractivity contribution is 5.94. The Morgan fingerprint density at radius 1 is 1.00 bits per heavy atom. The van der Waals surface area contributed by atoms with E-state index in [0.29, 0.717) is 11.3 Å². The molecule has 8 heteroatoms. The normalized spacial score (nSPS) is 10.8. The van der Waals surface area contributed by atoms with Crippen molar-refractivity contribution in [2.45, 2.75) is 39.3 Å². The van der Waals surface area contributed by atoms with Gasteiger partial charge in [0.25, 0.3) is 5.91 Å². The predicted octanol–water partition coefficient (Wildman–Crippen LogP) is 3.61. The number of anilines is 1. The minimum atomic E-state index is -0.610. The SMILES string of the molecule is CC(C)(C)OC(=O)NCCC(=O)Nc1ccccc1CNC(=O)c1cccc(F)c1. The topological polar surface area (TPSA) is 96.5 Å². The van der Waals surface area contributed by atoms with E-state index in [4.69, 9.17) is 4.74 Å². The molecule has 0 spiro atoms. The van der Waals surface area contributed by atoms with Crippen molar-refractivity contribution in [2.24, 2.45) is 0 Å². The quantitative estimate of drug-likeness (QED) is 0.644. The zero-order valence-corrected chi connectivity index (χ0v) is 17.3. The van der Waals surface area contributed by atoms with Gasteiger partial charge in [0.15, 0.2) is 0 Å². The minimum absolute atomic E-state index is 0.0588. The molecular formula is C22H26FN3O4. The molecule has 0 saturated heterocycles. The average molecular weight is 415 g/mol. The molecule has 30 heavy (non-hydrogen) atoms. The summed E-state index contributed by atoms with van der Waals surface area (Å²) in [6.45, 7) is 5.54. The molecule has 0 aliphatic heterocycles. The van der Waals surface area contributed by atoms with E-state index in [1.807, 2.05) is 0 Å². The summed E-state index contributed by atoms with van der Waals surface area (Å²) < 4.78 is 18.4. The molecule has 7 nitrogen and oxygen atoms in total. The van der Waals surface area contributed by atoms with Crippen molar-refractivity contribution in [3.05, 3.63) is 65.5 Å². The predicted molar refractivity (Wildman–Crippen MR) is 111 cm³/mol. The molecule has 3 N–H and O–H groups in total. The lowest BCUT2D eigenvalue weighted by atomic mass is 10.1. The van der Waals surface area contributed by atoms with Crippen LogP contribution in [0.1, 0.15) is 43.1 Å². The average Bonchev–Trinajstić information content (AvgIpc) is 2.65. The molecule has 160 valence electrons. The van der Waals surface area contributed by atoms with Gasteiger partial charge in [0.1, 0.15) is 11.4 Å². The van der Waals surface area contributed by atoms with Gasteiger partial charge in [-0.05, 0) is 50.6 Å². The van der Waals surface area contributed by atoms with Gasteiger partial charge >= 0.3 is 6.09 Å². The van der Waals surface area contributed by atoms with Gasteiger partial charge in [-0.3, -0.25) is 9.59 Å². The van der Waals surface area contributed by atoms with Crippen LogP contribution in [0.25, 0.3) is 0 Å². The van der Waals surface area contributed by atoms with Gasteiger partial charge in [0.05, 0.1) is 0 Å². The molecular weight excluding hydrogens is 389 g/mol. The van der Waals surface area contributed by atoms with E-state index in [2.05, 4.69) is 16.0 Å². The van der Waals surface area contributed by atoms with Crippen LogP contribution in [0, 0.1) is 5.82 Å². The fraction of sp³-hybridized carbons (Fsp3) is 0.318. The van der Waals surface area contributed by atoms with Crippen molar-refractivity contribution < 1.29 is 23.5 Å². The lowest BCUT2D eigenvalue weighted by Gasteiger charge is -2.19. The fourth-order valence-electron chi connectivity index (χ4n) is 2.51. The Kier molecular flexibility index (Phi) is 7.91. The second-order valence-corrected chi connectivity index (χ2v) is 7.58. The Hall–Kier alpha value is -3.42. The summed E-state index contributed by atoms with van der Waals surface area (Å²) in [5.74, 6) is -1.21. The summed E-state index contributed by atoms with van der Waals surface area (Å²) in [7, 11) is 0. The molecule has 0 saturated carbocycles. The van der Waals surface area contributed by atoms with Gasteiger partial charge in [0, 0.05) is 30.8 Å². The number of halogens is 1. The molecule has 0 atom stereocenters. The Balaban J connectivity index is 1.86. The second-order valence-electron chi connectivity index (χ2n) is 7.58. The van der Waals surface area contributed by atoms with Crippen LogP contribution in [-0.2, 0) is 16.1 Å². The monoisotopic (exact) mass is 415 g/mol. The molecule has 3 amide bonds. The van der Waals surface area contributed by atoms with Crippen molar-refractivity contribution in [3.8, 4) is 0 Å². The maximum atomic E-state index is 13.3. The van der Waals surface area contributed by atoms with E-state index in [1.165, 1.54) is 18.2 Å². The summed E-state index contributed by atoms with van der Waals surface area (Å²) in [5, 5.41) is 7.99. The first-order valence-corrected chi connectivity index (χ1v) is 9.52. The fourth-order valence-corrected chi connectivity index (χ4v) is 2.51. The standard InChI is InChI=1S/C22H26FN3O4/c1-22(2,3)30-21(29)24-12-11-19(27)26-18-10-5-4-7-16(18)14-25-20(28)15-8-6-9-17(23)13-15/h4-10,13H,11-12,14H2,1-3H3,(H,24,29)(H,25,28)(H,26,27). The van der Waals surface area contributed by atoms with Gasteiger partial charge in [-0.15, -0.1) is 0 Å². The number of benzene rings is 2. The lowest BCUT2D eigenvalue weighted by Crippen LogP contribution is -2.34. The van der Waals surface area contributed by atoms with Crippen molar-refractivity contribution in [1.29, 1.82) is 0 Å². The Morgan fingerprint density at radius 2 is 1.73 bits per heavy atom. The van der Waals surface area contributed by atoms with Crippen LogP contribution in [0.3, 0.4) is 0 Å². The number of rotatable bonds is 7. The zero-order valence-electron chi connectivity index (χ0n) is 17.3. The second kappa shape index (κ2) is 10.4. The van der Waals surface area contributed by atoms with Crippen molar-refractivity contribution in [2.75, 3.05) is 11.9 Å². The summed E-state index contributed by atoms with van der Waals surface area (Å²) in [6, 6.07) is 12.4. The molecule has 2 rings (SSSR count). The molecule has 0 fully saturated rings. The first kappa shape index (κ1) is 22.9. The van der Waals surface area contributed by atoms with Crippen molar-refractivity contribution in [1.82, 2.24) is 10.6 Å². The van der Waals surface area contributed by atoms with E-state index < -0.39 is 23.4 Å². The maximum Gasteiger partial charge on any atom is 0.407 e. The molecule has 0 aliphatic carbocycles. The molecule has 0 aromatic heterocycles. The smallest absolute Gasteiger partial charge is 0.407 e.